The summed E-state index contributed by atoms with van der Waals surface area (Å²) in [6.07, 6.45) is -11.8. The van der Waals surface area contributed by atoms with Crippen molar-refractivity contribution in [2.45, 2.75) is 18.0 Å². The van der Waals surface area contributed by atoms with Crippen LogP contribution < -0.4 is 5.32 Å². The Kier molecular flexibility index (Phi) is 3.40. The maximum absolute atomic E-state index is 12.4. The molecule has 1 aromatic rings. The lowest BCUT2D eigenvalue weighted by atomic mass is 9.93. The van der Waals surface area contributed by atoms with E-state index in [0.29, 0.717) is 6.07 Å². The molecule has 2 N–H and O–H groups in total. The van der Waals surface area contributed by atoms with Crippen LogP contribution in [0.25, 0.3) is 0 Å². The Bertz CT molecular complexity index is 394. The highest BCUT2D eigenvalue weighted by atomic mass is 19.4. The van der Waals surface area contributed by atoms with Crippen molar-refractivity contribution in [1.82, 2.24) is 0 Å². The molecule has 0 saturated carbocycles. The molecule has 0 aliphatic heterocycles. The molecule has 0 radical (unpaired) electrons. The highest BCUT2D eigenvalue weighted by Gasteiger charge is 2.71. The molecule has 0 heterocycles. The summed E-state index contributed by atoms with van der Waals surface area (Å²) in [6.45, 7) is 0. The lowest BCUT2D eigenvalue weighted by molar-refractivity contribution is -0.376. The Hall–Kier alpha value is -1.62. The maximum Gasteiger partial charge on any atom is 0.431 e. The molecule has 0 atom stereocenters. The molecular formula is C10H7F6NO. The monoisotopic (exact) mass is 271 g/mol. The first kappa shape index (κ1) is 14.4. The molecule has 0 aliphatic rings. The van der Waals surface area contributed by atoms with Crippen molar-refractivity contribution in [3.8, 4) is 0 Å². The van der Waals surface area contributed by atoms with Gasteiger partial charge in [-0.3, -0.25) is 0 Å². The molecule has 0 aliphatic carbocycles. The van der Waals surface area contributed by atoms with Crippen molar-refractivity contribution in [2.24, 2.45) is 0 Å². The summed E-state index contributed by atoms with van der Waals surface area (Å²) >= 11 is 0. The third-order valence-electron chi connectivity index (χ3n) is 2.23. The van der Waals surface area contributed by atoms with Crippen molar-refractivity contribution in [1.29, 1.82) is 0 Å². The molecule has 18 heavy (non-hydrogen) atoms. The van der Waals surface area contributed by atoms with Crippen LogP contribution in [0.4, 0.5) is 32.0 Å². The van der Waals surface area contributed by atoms with Crippen molar-refractivity contribution >= 4 is 5.69 Å². The topological polar surface area (TPSA) is 32.3 Å². The molecule has 0 amide bonds. The molecular weight excluding hydrogens is 264 g/mol. The van der Waals surface area contributed by atoms with Gasteiger partial charge in [-0.1, -0.05) is 6.07 Å². The Balaban J connectivity index is 3.36. The van der Waals surface area contributed by atoms with Crippen LogP contribution in [0.2, 0.25) is 0 Å². The van der Waals surface area contributed by atoms with Gasteiger partial charge < -0.3 is 10.4 Å². The van der Waals surface area contributed by atoms with Gasteiger partial charge in [-0.05, 0) is 18.2 Å². The summed E-state index contributed by atoms with van der Waals surface area (Å²) in [5.41, 5.74) is -6.27. The number of rotatable bonds is 2. The van der Waals surface area contributed by atoms with E-state index in [0.717, 1.165) is 6.07 Å². The van der Waals surface area contributed by atoms with Crippen LogP contribution >= 0.6 is 0 Å². The van der Waals surface area contributed by atoms with E-state index in [1.807, 2.05) is 6.07 Å². The van der Waals surface area contributed by atoms with Crippen molar-refractivity contribution in [2.75, 3.05) is 12.4 Å². The molecule has 0 aromatic heterocycles. The van der Waals surface area contributed by atoms with Crippen LogP contribution in [0.15, 0.2) is 12.1 Å². The minimum atomic E-state index is -5.91. The van der Waals surface area contributed by atoms with Crippen LogP contribution in [-0.2, 0) is 5.60 Å². The molecule has 0 unspecified atom stereocenters. The number of nitrogens with one attached hydrogen (secondary N) is 1. The zero-order chi connectivity index (χ0) is 14.2. The molecule has 8 heteroatoms. The van der Waals surface area contributed by atoms with Crippen molar-refractivity contribution < 1.29 is 31.4 Å². The first-order valence-electron chi connectivity index (χ1n) is 4.52. The zero-order valence-electron chi connectivity index (χ0n) is 8.87. The van der Waals surface area contributed by atoms with Crippen LogP contribution in [0.5, 0.6) is 0 Å². The number of halogens is 6. The van der Waals surface area contributed by atoms with Gasteiger partial charge in [0.2, 0.25) is 0 Å². The minimum Gasteiger partial charge on any atom is -0.381 e. The Morgan fingerprint density at radius 1 is 1.00 bits per heavy atom. The van der Waals surface area contributed by atoms with Gasteiger partial charge in [0.1, 0.15) is 0 Å². The smallest absolute Gasteiger partial charge is 0.381 e. The highest BCUT2D eigenvalue weighted by molar-refractivity contribution is 5.40. The fourth-order valence-corrected chi connectivity index (χ4v) is 1.21. The van der Waals surface area contributed by atoms with E-state index < -0.39 is 23.5 Å². The van der Waals surface area contributed by atoms with E-state index in [9.17, 15) is 26.3 Å². The van der Waals surface area contributed by atoms with Gasteiger partial charge in [-0.15, -0.1) is 0 Å². The second kappa shape index (κ2) is 4.24. The fourth-order valence-electron chi connectivity index (χ4n) is 1.21. The van der Waals surface area contributed by atoms with Crippen molar-refractivity contribution in [3.63, 3.8) is 0 Å². The minimum absolute atomic E-state index is 0.144. The van der Waals surface area contributed by atoms with E-state index in [1.54, 1.807) is 6.07 Å². The number of hydrogen-bond donors (Lipinski definition) is 2. The van der Waals surface area contributed by atoms with E-state index in [2.05, 4.69) is 5.32 Å². The van der Waals surface area contributed by atoms with Crippen LogP contribution in [0.1, 0.15) is 5.56 Å². The van der Waals surface area contributed by atoms with E-state index in [4.69, 9.17) is 5.11 Å². The van der Waals surface area contributed by atoms with Crippen LogP contribution in [-0.4, -0.2) is 24.5 Å². The number of anilines is 1. The molecule has 0 saturated heterocycles. The molecule has 100 valence electrons. The molecule has 1 rings (SSSR count). The van der Waals surface area contributed by atoms with Gasteiger partial charge in [-0.25, -0.2) is 0 Å². The quantitative estimate of drug-likeness (QED) is 0.810. The van der Waals surface area contributed by atoms with Gasteiger partial charge in [0, 0.05) is 7.05 Å². The maximum atomic E-state index is 12.4. The summed E-state index contributed by atoms with van der Waals surface area (Å²) in [5.74, 6) is 0. The molecule has 2 nitrogen and oxygen atoms in total. The van der Waals surface area contributed by atoms with Gasteiger partial charge in [0.05, 0.1) is 11.3 Å². The van der Waals surface area contributed by atoms with Crippen molar-refractivity contribution in [3.05, 3.63) is 29.8 Å². The van der Waals surface area contributed by atoms with Gasteiger partial charge in [0.25, 0.3) is 5.60 Å². The largest absolute Gasteiger partial charge is 0.431 e. The Morgan fingerprint density at radius 3 is 1.78 bits per heavy atom. The zero-order valence-corrected chi connectivity index (χ0v) is 8.87. The predicted molar refractivity (Wildman–Crippen MR) is 49.7 cm³/mol. The SMILES string of the molecule is CNc1c#cc(C(O)(C(F)(F)F)C(F)(F)F)cc1. The normalized spacial score (nSPS) is 13.1. The summed E-state index contributed by atoms with van der Waals surface area (Å²) in [6, 6.07) is 5.12. The fraction of sp³-hybridized carbons (Fsp3) is 0.400. The summed E-state index contributed by atoms with van der Waals surface area (Å²) in [5, 5.41) is 11.4. The average molecular weight is 271 g/mol. The lowest BCUT2D eigenvalue weighted by Crippen LogP contribution is -2.53. The third kappa shape index (κ3) is 2.18. The highest BCUT2D eigenvalue weighted by Crippen LogP contribution is 2.49. The molecule has 0 fully saturated rings. The van der Waals surface area contributed by atoms with E-state index in [1.165, 1.54) is 7.05 Å². The van der Waals surface area contributed by atoms with Gasteiger partial charge in [-0.2, -0.15) is 26.3 Å². The summed E-state index contributed by atoms with van der Waals surface area (Å²) in [7, 11) is 1.40. The second-order valence-electron chi connectivity index (χ2n) is 3.37. The second-order valence-corrected chi connectivity index (χ2v) is 3.37. The van der Waals surface area contributed by atoms with Gasteiger partial charge >= 0.3 is 12.4 Å². The third-order valence-corrected chi connectivity index (χ3v) is 2.23. The lowest BCUT2D eigenvalue weighted by Gasteiger charge is -2.31. The molecule has 0 spiro atoms. The van der Waals surface area contributed by atoms with E-state index >= 15 is 0 Å². The van der Waals surface area contributed by atoms with Gasteiger partial charge in [0.15, 0.2) is 0 Å². The Morgan fingerprint density at radius 2 is 1.50 bits per heavy atom. The standard InChI is InChI=1S/C10H7F6NO/c1-17-7-4-2-6(3-5-7)8(18,9(11,12)13)10(14,15)16/h2,4,17-18H,1H3. The summed E-state index contributed by atoms with van der Waals surface area (Å²) in [4.78, 5) is 0. The Labute approximate surface area is 98.2 Å². The summed E-state index contributed by atoms with van der Waals surface area (Å²) < 4.78 is 74.7. The first-order valence-corrected chi connectivity index (χ1v) is 4.52. The number of aliphatic hydroxyl groups is 1. The van der Waals surface area contributed by atoms with Crippen LogP contribution in [0.3, 0.4) is 0 Å². The number of hydrogen-bond acceptors (Lipinski definition) is 2. The van der Waals surface area contributed by atoms with E-state index in [-0.39, 0.29) is 5.69 Å². The molecule has 1 aromatic carbocycles. The average Bonchev–Trinajstić information content (AvgIpc) is 2.25. The molecule has 0 bridgehead atoms. The van der Waals surface area contributed by atoms with Crippen LogP contribution in [0, 0.1) is 12.1 Å². The first-order chi connectivity index (χ1) is 8.04. The predicted octanol–water partition coefficient (Wildman–Crippen LogP) is 2.64. The number of alkyl halides is 6.